The lowest BCUT2D eigenvalue weighted by molar-refractivity contribution is 0.291. The van der Waals surface area contributed by atoms with E-state index in [1.165, 1.54) is 0 Å². The maximum Gasteiger partial charge on any atom is 0.139 e. The molecule has 2 rings (SSSR count). The molecule has 3 nitrogen and oxygen atoms in total. The molecule has 0 N–H and O–H groups in total. The molecule has 0 spiro atoms. The molecule has 1 aromatic carbocycles. The monoisotopic (exact) mass is 420 g/mol. The molecule has 1 heterocycles. The summed E-state index contributed by atoms with van der Waals surface area (Å²) in [4.78, 5) is 0. The Morgan fingerprint density at radius 1 is 1.30 bits per heavy atom. The van der Waals surface area contributed by atoms with Gasteiger partial charge in [0.05, 0.1) is 20.9 Å². The van der Waals surface area contributed by atoms with E-state index in [9.17, 15) is 0 Å². The predicted molar refractivity (Wildman–Crippen MR) is 88.5 cm³/mol. The summed E-state index contributed by atoms with van der Waals surface area (Å²) in [6, 6.07) is 5.56. The van der Waals surface area contributed by atoms with E-state index in [-0.39, 0.29) is 0 Å². The van der Waals surface area contributed by atoms with Gasteiger partial charge in [-0.05, 0) is 47.5 Å². The second kappa shape index (κ2) is 6.96. The number of aromatic nitrogens is 2. The van der Waals surface area contributed by atoms with Crippen molar-refractivity contribution in [1.82, 2.24) is 9.78 Å². The molecule has 0 radical (unpaired) electrons. The molecule has 6 heteroatoms. The van der Waals surface area contributed by atoms with Gasteiger partial charge in [0.1, 0.15) is 12.4 Å². The van der Waals surface area contributed by atoms with Crippen molar-refractivity contribution in [2.45, 2.75) is 33.4 Å². The van der Waals surface area contributed by atoms with Crippen LogP contribution in [0.15, 0.2) is 27.1 Å². The van der Waals surface area contributed by atoms with Gasteiger partial charge in [-0.25, -0.2) is 0 Å². The van der Waals surface area contributed by atoms with Crippen molar-refractivity contribution in [3.63, 3.8) is 0 Å². The molecule has 0 bridgehead atoms. The van der Waals surface area contributed by atoms with Crippen molar-refractivity contribution in [2.75, 3.05) is 0 Å². The van der Waals surface area contributed by atoms with Crippen molar-refractivity contribution in [2.24, 2.45) is 0 Å². The van der Waals surface area contributed by atoms with E-state index in [1.54, 1.807) is 0 Å². The maximum atomic E-state index is 6.13. The zero-order valence-electron chi connectivity index (χ0n) is 11.3. The summed E-state index contributed by atoms with van der Waals surface area (Å²) in [5.41, 5.74) is 2.08. The van der Waals surface area contributed by atoms with Crippen molar-refractivity contribution in [3.05, 3.63) is 43.6 Å². The summed E-state index contributed by atoms with van der Waals surface area (Å²) >= 11 is 13.1. The number of rotatable bonds is 5. The fourth-order valence-corrected chi connectivity index (χ4v) is 3.08. The van der Waals surface area contributed by atoms with E-state index < -0.39 is 0 Å². The van der Waals surface area contributed by atoms with Crippen LogP contribution in [-0.2, 0) is 19.6 Å². The third-order valence-corrected chi connectivity index (χ3v) is 4.67. The van der Waals surface area contributed by atoms with E-state index in [1.807, 2.05) is 22.9 Å². The van der Waals surface area contributed by atoms with E-state index >= 15 is 0 Å². The first-order valence-corrected chi connectivity index (χ1v) is 8.35. The van der Waals surface area contributed by atoms with Crippen molar-refractivity contribution in [1.29, 1.82) is 0 Å². The zero-order valence-corrected chi connectivity index (χ0v) is 15.2. The third kappa shape index (κ3) is 3.38. The normalized spacial score (nSPS) is 10.8. The fourth-order valence-electron chi connectivity index (χ4n) is 1.89. The van der Waals surface area contributed by atoms with Gasteiger partial charge in [0.2, 0.25) is 0 Å². The second-order valence-corrected chi connectivity index (χ2v) is 6.36. The molecule has 108 valence electrons. The Morgan fingerprint density at radius 2 is 2.05 bits per heavy atom. The smallest absolute Gasteiger partial charge is 0.139 e. The largest absolute Gasteiger partial charge is 0.486 e. The van der Waals surface area contributed by atoms with E-state index in [4.69, 9.17) is 16.3 Å². The van der Waals surface area contributed by atoms with Gasteiger partial charge in [0.15, 0.2) is 0 Å². The molecule has 2 aromatic rings. The van der Waals surface area contributed by atoms with Gasteiger partial charge in [-0.1, -0.05) is 34.5 Å². The molecule has 0 aliphatic carbocycles. The van der Waals surface area contributed by atoms with Crippen molar-refractivity contribution in [3.8, 4) is 5.75 Å². The number of aryl methyl sites for hydroxylation is 2. The van der Waals surface area contributed by atoms with Crippen molar-refractivity contribution < 1.29 is 4.74 Å². The van der Waals surface area contributed by atoms with Crippen LogP contribution in [0.25, 0.3) is 0 Å². The maximum absolute atomic E-state index is 6.13. The molecular weight excluding hydrogens is 407 g/mol. The minimum Gasteiger partial charge on any atom is -0.486 e. The summed E-state index contributed by atoms with van der Waals surface area (Å²) in [7, 11) is 0. The molecule has 0 fully saturated rings. The summed E-state index contributed by atoms with van der Waals surface area (Å²) < 4.78 is 9.75. The highest BCUT2D eigenvalue weighted by Crippen LogP contribution is 2.30. The van der Waals surface area contributed by atoms with E-state index in [0.29, 0.717) is 17.4 Å². The Labute approximate surface area is 140 Å². The molecule has 0 atom stereocenters. The SMILES string of the molecule is CCc1nn(CC)c(COc2cc(Br)ccc2Cl)c1Br. The highest BCUT2D eigenvalue weighted by Gasteiger charge is 2.15. The molecular formula is C14H15Br2ClN2O. The molecule has 0 saturated carbocycles. The van der Waals surface area contributed by atoms with Crippen LogP contribution < -0.4 is 4.74 Å². The Balaban J connectivity index is 2.22. The Hall–Kier alpha value is -0.520. The average molecular weight is 423 g/mol. The molecule has 0 amide bonds. The quantitative estimate of drug-likeness (QED) is 0.660. The lowest BCUT2D eigenvalue weighted by Gasteiger charge is -2.10. The highest BCUT2D eigenvalue weighted by atomic mass is 79.9. The number of nitrogens with zero attached hydrogens (tertiary/aromatic N) is 2. The van der Waals surface area contributed by atoms with Gasteiger partial charge in [-0.15, -0.1) is 0 Å². The van der Waals surface area contributed by atoms with Crippen LogP contribution in [0.3, 0.4) is 0 Å². The molecule has 0 aliphatic heterocycles. The number of benzene rings is 1. The van der Waals surface area contributed by atoms with Crippen molar-refractivity contribution >= 4 is 43.5 Å². The van der Waals surface area contributed by atoms with E-state index in [0.717, 1.165) is 33.3 Å². The van der Waals surface area contributed by atoms with Crippen LogP contribution in [0.1, 0.15) is 25.2 Å². The summed E-state index contributed by atoms with van der Waals surface area (Å²) in [6.45, 7) is 5.39. The van der Waals surface area contributed by atoms with Gasteiger partial charge in [-0.2, -0.15) is 5.10 Å². The number of halogens is 3. The Morgan fingerprint density at radius 3 is 2.70 bits per heavy atom. The van der Waals surface area contributed by atoms with Gasteiger partial charge < -0.3 is 4.74 Å². The minimum atomic E-state index is 0.428. The first kappa shape index (κ1) is 15.9. The highest BCUT2D eigenvalue weighted by molar-refractivity contribution is 9.10. The topological polar surface area (TPSA) is 27.1 Å². The second-order valence-electron chi connectivity index (χ2n) is 4.24. The van der Waals surface area contributed by atoms with E-state index in [2.05, 4.69) is 50.8 Å². The van der Waals surface area contributed by atoms with Gasteiger partial charge in [-0.3, -0.25) is 4.68 Å². The van der Waals surface area contributed by atoms with Crippen LogP contribution in [0.2, 0.25) is 5.02 Å². The molecule has 0 unspecified atom stereocenters. The first-order valence-electron chi connectivity index (χ1n) is 6.38. The van der Waals surface area contributed by atoms with Gasteiger partial charge >= 0.3 is 0 Å². The number of hydrogen-bond acceptors (Lipinski definition) is 2. The van der Waals surface area contributed by atoms with Gasteiger partial charge in [0, 0.05) is 11.0 Å². The van der Waals surface area contributed by atoms with Crippen LogP contribution in [0, 0.1) is 0 Å². The van der Waals surface area contributed by atoms with Crippen LogP contribution >= 0.6 is 43.5 Å². The summed E-state index contributed by atoms with van der Waals surface area (Å²) in [5.74, 6) is 0.662. The first-order chi connectivity index (χ1) is 9.56. The predicted octanol–water partition coefficient (Wildman–Crippen LogP) is 5.22. The molecule has 1 aromatic heterocycles. The minimum absolute atomic E-state index is 0.428. The molecule has 0 aliphatic rings. The zero-order chi connectivity index (χ0) is 14.7. The Bertz CT molecular complexity index is 613. The lowest BCUT2D eigenvalue weighted by Crippen LogP contribution is -2.06. The number of ether oxygens (including phenoxy) is 1. The Kier molecular flexibility index (Phi) is 5.52. The van der Waals surface area contributed by atoms with Crippen LogP contribution in [0.5, 0.6) is 5.75 Å². The molecule has 0 saturated heterocycles. The summed E-state index contributed by atoms with van der Waals surface area (Å²) in [6.07, 6.45) is 0.887. The fraction of sp³-hybridized carbons (Fsp3) is 0.357. The molecule has 20 heavy (non-hydrogen) atoms. The number of hydrogen-bond donors (Lipinski definition) is 0. The van der Waals surface area contributed by atoms with Gasteiger partial charge in [0.25, 0.3) is 0 Å². The van der Waals surface area contributed by atoms with Crippen LogP contribution in [-0.4, -0.2) is 9.78 Å². The standard InChI is InChI=1S/C14H15Br2ClN2O/c1-3-11-14(16)12(19(4-2)18-11)8-20-13-7-9(15)5-6-10(13)17/h5-7H,3-4,8H2,1-2H3. The summed E-state index contributed by atoms with van der Waals surface area (Å²) in [5, 5.41) is 5.15. The third-order valence-electron chi connectivity index (χ3n) is 2.95. The van der Waals surface area contributed by atoms with Crippen LogP contribution in [0.4, 0.5) is 0 Å². The lowest BCUT2D eigenvalue weighted by atomic mass is 10.3. The average Bonchev–Trinajstić information content (AvgIpc) is 2.75.